The van der Waals surface area contributed by atoms with Gasteiger partial charge in [-0.05, 0) is 30.5 Å². The largest absolute Gasteiger partial charge is 0.394 e. The van der Waals surface area contributed by atoms with Gasteiger partial charge in [-0.25, -0.2) is 4.98 Å². The number of nitrogens with zero attached hydrogens (tertiary/aromatic N) is 2. The molecule has 7 nitrogen and oxygen atoms in total. The zero-order chi connectivity index (χ0) is 17.0. The van der Waals surface area contributed by atoms with Gasteiger partial charge in [0.05, 0.1) is 18.4 Å². The molecule has 7 N–H and O–H groups in total. The molecule has 0 spiro atoms. The average Bonchev–Trinajstić information content (AvgIpc) is 2.52. The Morgan fingerprint density at radius 2 is 1.70 bits per heavy atom. The van der Waals surface area contributed by atoms with E-state index in [4.69, 9.17) is 28.2 Å². The number of anilines is 2. The summed E-state index contributed by atoms with van der Waals surface area (Å²) < 4.78 is 0. The minimum absolute atomic E-state index is 0.0346. The first-order valence-electron chi connectivity index (χ1n) is 7.07. The van der Waals surface area contributed by atoms with Crippen molar-refractivity contribution in [2.24, 2.45) is 0 Å². The zero-order valence-electron chi connectivity index (χ0n) is 12.4. The van der Waals surface area contributed by atoms with Crippen molar-refractivity contribution in [3.63, 3.8) is 0 Å². The van der Waals surface area contributed by atoms with Crippen LogP contribution in [0.4, 0.5) is 11.8 Å². The molecule has 0 saturated carbocycles. The van der Waals surface area contributed by atoms with Crippen LogP contribution in [0, 0.1) is 0 Å². The smallest absolute Gasteiger partial charge is 0.222 e. The first kappa shape index (κ1) is 17.4. The number of aliphatic hydroxyl groups excluding tert-OH is 3. The first-order chi connectivity index (χ1) is 10.9. The lowest BCUT2D eigenvalue weighted by Gasteiger charge is -2.17. The number of hydrogen-bond acceptors (Lipinski definition) is 7. The maximum absolute atomic E-state index is 9.78. The number of aromatic nitrogens is 2. The third-order valence-electron chi connectivity index (χ3n) is 3.47. The summed E-state index contributed by atoms with van der Waals surface area (Å²) >= 11 is 5.89. The molecular weight excluding hydrogens is 320 g/mol. The zero-order valence-corrected chi connectivity index (χ0v) is 13.1. The Morgan fingerprint density at radius 1 is 1.04 bits per heavy atom. The molecule has 2 atom stereocenters. The second-order valence-electron chi connectivity index (χ2n) is 5.15. The summed E-state index contributed by atoms with van der Waals surface area (Å²) in [7, 11) is 0. The lowest BCUT2D eigenvalue weighted by molar-refractivity contribution is -0.0173. The highest BCUT2D eigenvalue weighted by molar-refractivity contribution is 6.30. The van der Waals surface area contributed by atoms with E-state index in [2.05, 4.69) is 9.97 Å². The number of rotatable bonds is 6. The molecule has 124 valence electrons. The monoisotopic (exact) mass is 338 g/mol. The highest BCUT2D eigenvalue weighted by Crippen LogP contribution is 2.30. The van der Waals surface area contributed by atoms with E-state index < -0.39 is 18.8 Å². The van der Waals surface area contributed by atoms with E-state index in [9.17, 15) is 10.2 Å². The number of nitrogen functional groups attached to an aromatic ring is 2. The molecule has 0 aliphatic heterocycles. The predicted octanol–water partition coefficient (Wildman–Crippen LogP) is 0.608. The lowest BCUT2D eigenvalue weighted by Crippen LogP contribution is -2.29. The molecule has 0 saturated heterocycles. The fourth-order valence-electron chi connectivity index (χ4n) is 2.26. The van der Waals surface area contributed by atoms with Crippen molar-refractivity contribution < 1.29 is 15.3 Å². The third kappa shape index (κ3) is 4.29. The van der Waals surface area contributed by atoms with Crippen molar-refractivity contribution in [2.75, 3.05) is 18.1 Å². The van der Waals surface area contributed by atoms with Gasteiger partial charge in [0.25, 0.3) is 0 Å². The second-order valence-corrected chi connectivity index (χ2v) is 5.59. The normalized spacial score (nSPS) is 13.7. The van der Waals surface area contributed by atoms with Gasteiger partial charge in [0.15, 0.2) is 0 Å². The SMILES string of the molecule is Nc1nc(N)c(-c2ccc(Cl)cc2)c(CC[C@H](O)[C@@H](O)CO)n1. The van der Waals surface area contributed by atoms with Crippen molar-refractivity contribution >= 4 is 23.4 Å². The predicted molar refractivity (Wildman–Crippen MR) is 88.7 cm³/mol. The van der Waals surface area contributed by atoms with Crippen LogP contribution in [-0.2, 0) is 6.42 Å². The van der Waals surface area contributed by atoms with Crippen LogP contribution >= 0.6 is 11.6 Å². The van der Waals surface area contributed by atoms with Crippen LogP contribution in [0.2, 0.25) is 5.02 Å². The Morgan fingerprint density at radius 3 is 2.30 bits per heavy atom. The summed E-state index contributed by atoms with van der Waals surface area (Å²) in [6, 6.07) is 7.02. The molecule has 23 heavy (non-hydrogen) atoms. The highest BCUT2D eigenvalue weighted by atomic mass is 35.5. The van der Waals surface area contributed by atoms with Gasteiger partial charge in [0.1, 0.15) is 11.9 Å². The molecule has 1 aromatic heterocycles. The number of nitrogens with two attached hydrogens (primary N) is 2. The maximum atomic E-state index is 9.78. The van der Waals surface area contributed by atoms with Gasteiger partial charge in [-0.1, -0.05) is 23.7 Å². The Kier molecular flexibility index (Phi) is 5.73. The third-order valence-corrected chi connectivity index (χ3v) is 3.72. The molecule has 0 radical (unpaired) electrons. The molecule has 0 amide bonds. The molecule has 1 heterocycles. The highest BCUT2D eigenvalue weighted by Gasteiger charge is 2.18. The molecule has 1 aromatic carbocycles. The number of hydrogen-bond donors (Lipinski definition) is 5. The molecule has 0 unspecified atom stereocenters. The minimum Gasteiger partial charge on any atom is -0.394 e. The topological polar surface area (TPSA) is 139 Å². The van der Waals surface area contributed by atoms with E-state index in [0.29, 0.717) is 22.7 Å². The van der Waals surface area contributed by atoms with E-state index in [1.807, 2.05) is 0 Å². The van der Waals surface area contributed by atoms with Gasteiger partial charge in [0.2, 0.25) is 5.95 Å². The van der Waals surface area contributed by atoms with E-state index >= 15 is 0 Å². The van der Waals surface area contributed by atoms with Crippen LogP contribution in [0.5, 0.6) is 0 Å². The minimum atomic E-state index is -1.20. The van der Waals surface area contributed by atoms with Crippen molar-refractivity contribution in [1.29, 1.82) is 0 Å². The number of aryl methyl sites for hydroxylation is 1. The molecule has 2 aromatic rings. The summed E-state index contributed by atoms with van der Waals surface area (Å²) in [5.41, 5.74) is 13.6. The quantitative estimate of drug-likeness (QED) is 0.520. The van der Waals surface area contributed by atoms with E-state index in [1.165, 1.54) is 0 Å². The van der Waals surface area contributed by atoms with Crippen molar-refractivity contribution in [2.45, 2.75) is 25.0 Å². The Balaban J connectivity index is 2.33. The summed E-state index contributed by atoms with van der Waals surface area (Å²) in [5, 5.41) is 28.7. The molecule has 0 aliphatic carbocycles. The van der Waals surface area contributed by atoms with E-state index in [1.54, 1.807) is 24.3 Å². The van der Waals surface area contributed by atoms with Gasteiger partial charge in [-0.3, -0.25) is 0 Å². The van der Waals surface area contributed by atoms with E-state index in [-0.39, 0.29) is 18.2 Å². The lowest BCUT2D eigenvalue weighted by atomic mass is 9.99. The Hall–Kier alpha value is -1.93. The van der Waals surface area contributed by atoms with Gasteiger partial charge in [-0.2, -0.15) is 4.98 Å². The van der Waals surface area contributed by atoms with Gasteiger partial charge in [0, 0.05) is 10.6 Å². The van der Waals surface area contributed by atoms with Crippen molar-refractivity contribution in [3.05, 3.63) is 35.0 Å². The summed E-state index contributed by atoms with van der Waals surface area (Å²) in [4.78, 5) is 8.16. The van der Waals surface area contributed by atoms with Gasteiger partial charge < -0.3 is 26.8 Å². The standard InChI is InChI=1S/C15H19ClN4O3/c16-9-3-1-8(2-4-9)13-10(19-15(18)20-14(13)17)5-6-11(22)12(23)7-21/h1-4,11-12,21-23H,5-7H2,(H4,17,18,19,20)/t11-,12-/m0/s1. The van der Waals surface area contributed by atoms with Crippen LogP contribution < -0.4 is 11.5 Å². The molecule has 8 heteroatoms. The molecule has 2 rings (SSSR count). The molecular formula is C15H19ClN4O3. The van der Waals surface area contributed by atoms with Gasteiger partial charge >= 0.3 is 0 Å². The fourth-order valence-corrected chi connectivity index (χ4v) is 2.38. The first-order valence-corrected chi connectivity index (χ1v) is 7.45. The number of benzene rings is 1. The van der Waals surface area contributed by atoms with Crippen molar-refractivity contribution in [3.8, 4) is 11.1 Å². The van der Waals surface area contributed by atoms with Crippen LogP contribution in [0.25, 0.3) is 11.1 Å². The fraction of sp³-hybridized carbons (Fsp3) is 0.333. The second kappa shape index (κ2) is 7.56. The van der Waals surface area contributed by atoms with Crippen LogP contribution in [0.1, 0.15) is 12.1 Å². The number of halogens is 1. The average molecular weight is 339 g/mol. The van der Waals surface area contributed by atoms with Gasteiger partial charge in [-0.15, -0.1) is 0 Å². The summed E-state index contributed by atoms with van der Waals surface area (Å²) in [6.07, 6.45) is -1.77. The molecule has 0 fully saturated rings. The van der Waals surface area contributed by atoms with Crippen LogP contribution in [0.3, 0.4) is 0 Å². The Bertz CT molecular complexity index is 667. The Labute approximate surface area is 138 Å². The maximum Gasteiger partial charge on any atom is 0.222 e. The van der Waals surface area contributed by atoms with Crippen LogP contribution in [0.15, 0.2) is 24.3 Å². The molecule has 0 bridgehead atoms. The summed E-state index contributed by atoms with van der Waals surface area (Å²) in [6.45, 7) is -0.515. The van der Waals surface area contributed by atoms with Crippen molar-refractivity contribution in [1.82, 2.24) is 9.97 Å². The van der Waals surface area contributed by atoms with Crippen LogP contribution in [-0.4, -0.2) is 44.1 Å². The number of aliphatic hydroxyl groups is 3. The summed E-state index contributed by atoms with van der Waals surface area (Å²) in [5.74, 6) is 0.263. The molecule has 0 aliphatic rings. The van der Waals surface area contributed by atoms with E-state index in [0.717, 1.165) is 5.56 Å².